The molecule has 0 radical (unpaired) electrons. The average Bonchev–Trinajstić information content (AvgIpc) is 2.19. The minimum absolute atomic E-state index is 0.608. The summed E-state index contributed by atoms with van der Waals surface area (Å²) in [4.78, 5) is 0. The molecule has 0 aromatic heterocycles. The minimum atomic E-state index is -0.608. The Morgan fingerprint density at radius 1 is 1.31 bits per heavy atom. The third-order valence-corrected chi connectivity index (χ3v) is 2.03. The molecule has 0 spiro atoms. The molecule has 1 aromatic rings. The molecule has 1 aromatic carbocycles. The van der Waals surface area contributed by atoms with E-state index in [4.69, 9.17) is 9.84 Å². The van der Waals surface area contributed by atoms with Gasteiger partial charge in [-0.3, -0.25) is 0 Å². The third kappa shape index (κ3) is 4.06. The van der Waals surface area contributed by atoms with E-state index in [0.29, 0.717) is 6.42 Å². The fraction of sp³-hybridized carbons (Fsp3) is 0.455. The Kier molecular flexibility index (Phi) is 4.50. The van der Waals surface area contributed by atoms with Gasteiger partial charge in [0.2, 0.25) is 0 Å². The molecule has 1 N–H and O–H groups in total. The molecule has 72 valence electrons. The number of hydrogen-bond acceptors (Lipinski definition) is 2. The second-order valence-corrected chi connectivity index (χ2v) is 3.07. The van der Waals surface area contributed by atoms with E-state index in [1.807, 2.05) is 18.2 Å². The first-order chi connectivity index (χ1) is 6.33. The van der Waals surface area contributed by atoms with Crippen LogP contribution in [0.5, 0.6) is 0 Å². The normalized spacial score (nSPS) is 12.8. The number of benzene rings is 1. The topological polar surface area (TPSA) is 29.5 Å². The van der Waals surface area contributed by atoms with E-state index in [-0.39, 0.29) is 0 Å². The van der Waals surface area contributed by atoms with Crippen LogP contribution >= 0.6 is 0 Å². The van der Waals surface area contributed by atoms with Gasteiger partial charge in [0.15, 0.2) is 6.29 Å². The molecule has 0 aliphatic rings. The Morgan fingerprint density at radius 2 is 2.00 bits per heavy atom. The first kappa shape index (κ1) is 10.2. The van der Waals surface area contributed by atoms with Crippen LogP contribution < -0.4 is 0 Å². The fourth-order valence-corrected chi connectivity index (χ4v) is 1.24. The molecule has 2 nitrogen and oxygen atoms in total. The smallest absolute Gasteiger partial charge is 0.154 e. The van der Waals surface area contributed by atoms with Gasteiger partial charge in [-0.15, -0.1) is 0 Å². The molecule has 1 rings (SSSR count). The van der Waals surface area contributed by atoms with Crippen LogP contribution in [0, 0.1) is 0 Å². The highest BCUT2D eigenvalue weighted by molar-refractivity contribution is 5.14. The lowest BCUT2D eigenvalue weighted by molar-refractivity contribution is -0.0789. The van der Waals surface area contributed by atoms with Gasteiger partial charge >= 0.3 is 0 Å². The molecule has 0 aliphatic heterocycles. The lowest BCUT2D eigenvalue weighted by Crippen LogP contribution is -2.08. The van der Waals surface area contributed by atoms with Crippen molar-refractivity contribution in [2.24, 2.45) is 0 Å². The monoisotopic (exact) mass is 180 g/mol. The van der Waals surface area contributed by atoms with Crippen LogP contribution in [-0.4, -0.2) is 18.5 Å². The van der Waals surface area contributed by atoms with E-state index in [0.717, 1.165) is 12.8 Å². The molecule has 1 unspecified atom stereocenters. The summed E-state index contributed by atoms with van der Waals surface area (Å²) >= 11 is 0. The van der Waals surface area contributed by atoms with Crippen molar-refractivity contribution in [3.05, 3.63) is 35.9 Å². The van der Waals surface area contributed by atoms with Crippen molar-refractivity contribution in [2.45, 2.75) is 25.6 Å². The molecular formula is C11H16O2. The molecule has 0 heterocycles. The van der Waals surface area contributed by atoms with Crippen molar-refractivity contribution >= 4 is 0 Å². The Morgan fingerprint density at radius 3 is 2.62 bits per heavy atom. The van der Waals surface area contributed by atoms with Gasteiger partial charge in [-0.05, 0) is 24.8 Å². The summed E-state index contributed by atoms with van der Waals surface area (Å²) in [7, 11) is 1.52. The van der Waals surface area contributed by atoms with Crippen LogP contribution in [-0.2, 0) is 11.2 Å². The van der Waals surface area contributed by atoms with Crippen molar-refractivity contribution in [3.63, 3.8) is 0 Å². The van der Waals surface area contributed by atoms with Crippen molar-refractivity contribution in [3.8, 4) is 0 Å². The molecule has 0 bridgehead atoms. The SMILES string of the molecule is COC(O)CCCc1ccccc1. The van der Waals surface area contributed by atoms with E-state index in [9.17, 15) is 0 Å². The van der Waals surface area contributed by atoms with Gasteiger partial charge in [0.05, 0.1) is 0 Å². The van der Waals surface area contributed by atoms with E-state index < -0.39 is 6.29 Å². The zero-order valence-electron chi connectivity index (χ0n) is 7.94. The van der Waals surface area contributed by atoms with Crippen molar-refractivity contribution in [2.75, 3.05) is 7.11 Å². The Labute approximate surface area is 79.2 Å². The Bertz CT molecular complexity index is 221. The van der Waals surface area contributed by atoms with E-state index in [1.165, 1.54) is 12.7 Å². The number of ether oxygens (including phenoxy) is 1. The highest BCUT2D eigenvalue weighted by atomic mass is 16.6. The lowest BCUT2D eigenvalue weighted by Gasteiger charge is -2.07. The number of methoxy groups -OCH3 is 1. The third-order valence-electron chi connectivity index (χ3n) is 2.03. The van der Waals surface area contributed by atoms with Crippen LogP contribution in [0.15, 0.2) is 30.3 Å². The van der Waals surface area contributed by atoms with Gasteiger partial charge in [0.1, 0.15) is 0 Å². The van der Waals surface area contributed by atoms with Crippen molar-refractivity contribution in [1.82, 2.24) is 0 Å². The summed E-state index contributed by atoms with van der Waals surface area (Å²) in [6.45, 7) is 0. The second-order valence-electron chi connectivity index (χ2n) is 3.07. The Hall–Kier alpha value is -0.860. The zero-order valence-corrected chi connectivity index (χ0v) is 7.94. The maximum Gasteiger partial charge on any atom is 0.154 e. The molecule has 0 fully saturated rings. The molecule has 0 amide bonds. The fourth-order valence-electron chi connectivity index (χ4n) is 1.24. The van der Waals surface area contributed by atoms with Crippen LogP contribution in [0.1, 0.15) is 18.4 Å². The standard InChI is InChI=1S/C11H16O2/c1-13-11(12)9-5-8-10-6-3-2-4-7-10/h2-4,6-7,11-12H,5,8-9H2,1H3. The summed E-state index contributed by atoms with van der Waals surface area (Å²) in [5.41, 5.74) is 1.31. The average molecular weight is 180 g/mol. The van der Waals surface area contributed by atoms with Crippen LogP contribution in [0.2, 0.25) is 0 Å². The van der Waals surface area contributed by atoms with Gasteiger partial charge in [-0.2, -0.15) is 0 Å². The summed E-state index contributed by atoms with van der Waals surface area (Å²) in [5, 5.41) is 9.11. The van der Waals surface area contributed by atoms with Crippen LogP contribution in [0.3, 0.4) is 0 Å². The maximum atomic E-state index is 9.11. The van der Waals surface area contributed by atoms with Crippen molar-refractivity contribution < 1.29 is 9.84 Å². The second kappa shape index (κ2) is 5.73. The summed E-state index contributed by atoms with van der Waals surface area (Å²) in [6.07, 6.45) is 2.05. The predicted molar refractivity (Wildman–Crippen MR) is 52.4 cm³/mol. The van der Waals surface area contributed by atoms with Crippen LogP contribution in [0.4, 0.5) is 0 Å². The van der Waals surface area contributed by atoms with Gasteiger partial charge in [-0.25, -0.2) is 0 Å². The van der Waals surface area contributed by atoms with Gasteiger partial charge in [0.25, 0.3) is 0 Å². The first-order valence-corrected chi connectivity index (χ1v) is 4.57. The van der Waals surface area contributed by atoms with E-state index in [1.54, 1.807) is 0 Å². The number of hydrogen-bond donors (Lipinski definition) is 1. The molecule has 2 heteroatoms. The number of aryl methyl sites for hydroxylation is 1. The molecule has 0 saturated heterocycles. The summed E-state index contributed by atoms with van der Waals surface area (Å²) < 4.78 is 4.74. The van der Waals surface area contributed by atoms with Gasteiger partial charge in [0, 0.05) is 7.11 Å². The summed E-state index contributed by atoms with van der Waals surface area (Å²) in [6, 6.07) is 10.3. The van der Waals surface area contributed by atoms with Gasteiger partial charge < -0.3 is 9.84 Å². The highest BCUT2D eigenvalue weighted by Crippen LogP contribution is 2.06. The molecule has 13 heavy (non-hydrogen) atoms. The zero-order chi connectivity index (χ0) is 9.52. The molecule has 1 atom stereocenters. The first-order valence-electron chi connectivity index (χ1n) is 4.57. The molecule has 0 aliphatic carbocycles. The van der Waals surface area contributed by atoms with E-state index >= 15 is 0 Å². The minimum Gasteiger partial charge on any atom is -0.368 e. The maximum absolute atomic E-state index is 9.11. The van der Waals surface area contributed by atoms with Crippen LogP contribution in [0.25, 0.3) is 0 Å². The quantitative estimate of drug-likeness (QED) is 0.702. The summed E-state index contributed by atoms with van der Waals surface area (Å²) in [5.74, 6) is 0. The number of aliphatic hydroxyl groups is 1. The van der Waals surface area contributed by atoms with Gasteiger partial charge in [-0.1, -0.05) is 30.3 Å². The number of rotatable bonds is 5. The molecule has 0 saturated carbocycles. The Balaban J connectivity index is 2.20. The predicted octanol–water partition coefficient (Wildman–Crippen LogP) is 1.97. The highest BCUT2D eigenvalue weighted by Gasteiger charge is 2.00. The largest absolute Gasteiger partial charge is 0.368 e. The number of aliphatic hydroxyl groups excluding tert-OH is 1. The van der Waals surface area contributed by atoms with Crippen molar-refractivity contribution in [1.29, 1.82) is 0 Å². The molecular weight excluding hydrogens is 164 g/mol. The lowest BCUT2D eigenvalue weighted by atomic mass is 10.1. The van der Waals surface area contributed by atoms with E-state index in [2.05, 4.69) is 12.1 Å².